The second-order valence-corrected chi connectivity index (χ2v) is 3.31. The highest BCUT2D eigenvalue weighted by Gasteiger charge is 2.35. The number of nitrogens with one attached hydrogen (secondary N) is 2. The summed E-state index contributed by atoms with van der Waals surface area (Å²) in [7, 11) is 0. The van der Waals surface area contributed by atoms with E-state index in [1.807, 2.05) is 0 Å². The van der Waals surface area contributed by atoms with Gasteiger partial charge < -0.3 is 10.6 Å². The lowest BCUT2D eigenvalue weighted by Gasteiger charge is -2.09. The molecular formula is C7H14N2. The van der Waals surface area contributed by atoms with Crippen molar-refractivity contribution in [2.24, 2.45) is 11.8 Å². The molecule has 9 heavy (non-hydrogen) atoms. The molecule has 2 aliphatic rings. The van der Waals surface area contributed by atoms with E-state index >= 15 is 0 Å². The summed E-state index contributed by atoms with van der Waals surface area (Å²) in [5, 5.41) is 6.90. The van der Waals surface area contributed by atoms with E-state index in [-0.39, 0.29) is 0 Å². The molecule has 2 heteroatoms. The average Bonchev–Trinajstić information content (AvgIpc) is 2.35. The highest BCUT2D eigenvalue weighted by molar-refractivity contribution is 4.95. The minimum Gasteiger partial charge on any atom is -0.315 e. The highest BCUT2D eigenvalue weighted by atomic mass is 15.1. The van der Waals surface area contributed by atoms with Crippen LogP contribution >= 0.6 is 0 Å². The second kappa shape index (κ2) is 1.96. The minimum absolute atomic E-state index is 0.792. The zero-order valence-electron chi connectivity index (χ0n) is 5.85. The van der Waals surface area contributed by atoms with Crippen LogP contribution < -0.4 is 10.6 Å². The second-order valence-electron chi connectivity index (χ2n) is 3.31. The van der Waals surface area contributed by atoms with Crippen LogP contribution in [0.5, 0.6) is 0 Å². The number of hydrogen-bond donors (Lipinski definition) is 2. The summed E-state index contributed by atoms with van der Waals surface area (Å²) in [6.45, 7) is 6.00. The summed E-state index contributed by atoms with van der Waals surface area (Å²) in [4.78, 5) is 0. The molecule has 52 valence electrons. The van der Waals surface area contributed by atoms with Crippen molar-refractivity contribution in [2.45, 2.75) is 13.0 Å². The number of fused-ring (bicyclic) bond motifs is 1. The van der Waals surface area contributed by atoms with Crippen LogP contribution in [0.25, 0.3) is 0 Å². The molecule has 3 atom stereocenters. The maximum Gasteiger partial charge on any atom is 0.0235 e. The third-order valence-electron chi connectivity index (χ3n) is 2.69. The van der Waals surface area contributed by atoms with Crippen LogP contribution in [0.1, 0.15) is 6.92 Å². The average molecular weight is 126 g/mol. The number of hydrogen-bond acceptors (Lipinski definition) is 2. The maximum atomic E-state index is 3.51. The van der Waals surface area contributed by atoms with E-state index in [2.05, 4.69) is 17.6 Å². The van der Waals surface area contributed by atoms with Gasteiger partial charge in [-0.25, -0.2) is 0 Å². The van der Waals surface area contributed by atoms with Crippen molar-refractivity contribution in [3.63, 3.8) is 0 Å². The Morgan fingerprint density at radius 2 is 2.11 bits per heavy atom. The molecular weight excluding hydrogens is 112 g/mol. The molecule has 0 aromatic heterocycles. The first-order chi connectivity index (χ1) is 4.38. The SMILES string of the molecule is CC1CNC2CNCC12. The Morgan fingerprint density at radius 3 is 2.89 bits per heavy atom. The quantitative estimate of drug-likeness (QED) is 0.470. The molecule has 2 N–H and O–H groups in total. The van der Waals surface area contributed by atoms with Gasteiger partial charge in [0.2, 0.25) is 0 Å². The van der Waals surface area contributed by atoms with Gasteiger partial charge >= 0.3 is 0 Å². The smallest absolute Gasteiger partial charge is 0.0235 e. The molecule has 0 aliphatic carbocycles. The van der Waals surface area contributed by atoms with E-state index in [1.54, 1.807) is 0 Å². The van der Waals surface area contributed by atoms with Gasteiger partial charge in [-0.1, -0.05) is 6.92 Å². The molecule has 2 saturated heterocycles. The third kappa shape index (κ3) is 0.775. The molecule has 3 unspecified atom stereocenters. The van der Waals surface area contributed by atoms with Crippen molar-refractivity contribution < 1.29 is 0 Å². The van der Waals surface area contributed by atoms with Crippen LogP contribution in [0.4, 0.5) is 0 Å². The van der Waals surface area contributed by atoms with Crippen molar-refractivity contribution in [3.8, 4) is 0 Å². The lowest BCUT2D eigenvalue weighted by molar-refractivity contribution is 0.452. The van der Waals surface area contributed by atoms with Crippen LogP contribution in [0.15, 0.2) is 0 Å². The fraction of sp³-hybridized carbons (Fsp3) is 1.00. The molecule has 2 aliphatic heterocycles. The predicted molar refractivity (Wildman–Crippen MR) is 37.3 cm³/mol. The van der Waals surface area contributed by atoms with Crippen LogP contribution in [0, 0.1) is 11.8 Å². The summed E-state index contributed by atoms with van der Waals surface area (Å²) in [6, 6.07) is 0.792. The van der Waals surface area contributed by atoms with Gasteiger partial charge in [-0.2, -0.15) is 0 Å². The standard InChI is InChI=1S/C7H14N2/c1-5-2-9-7-4-8-3-6(5)7/h5-9H,2-4H2,1H3. The Morgan fingerprint density at radius 1 is 1.22 bits per heavy atom. The highest BCUT2D eigenvalue weighted by Crippen LogP contribution is 2.23. The Balaban J connectivity index is 2.07. The Hall–Kier alpha value is -0.0800. The Bertz CT molecular complexity index is 113. The first-order valence-corrected chi connectivity index (χ1v) is 3.82. The third-order valence-corrected chi connectivity index (χ3v) is 2.69. The summed E-state index contributed by atoms with van der Waals surface area (Å²) in [5.74, 6) is 1.81. The molecule has 0 radical (unpaired) electrons. The molecule has 2 heterocycles. The molecule has 0 amide bonds. The summed E-state index contributed by atoms with van der Waals surface area (Å²) >= 11 is 0. The van der Waals surface area contributed by atoms with Crippen molar-refractivity contribution in [2.75, 3.05) is 19.6 Å². The summed E-state index contributed by atoms with van der Waals surface area (Å²) in [6.07, 6.45) is 0. The van der Waals surface area contributed by atoms with Gasteiger partial charge in [-0.3, -0.25) is 0 Å². The van der Waals surface area contributed by atoms with E-state index in [0.717, 1.165) is 17.9 Å². The van der Waals surface area contributed by atoms with E-state index in [1.165, 1.54) is 19.6 Å². The molecule has 0 bridgehead atoms. The predicted octanol–water partition coefficient (Wildman–Crippen LogP) is -0.186. The summed E-state index contributed by atoms with van der Waals surface area (Å²) in [5.41, 5.74) is 0. The van der Waals surface area contributed by atoms with E-state index in [0.29, 0.717) is 0 Å². The van der Waals surface area contributed by atoms with E-state index in [9.17, 15) is 0 Å². The molecule has 2 rings (SSSR count). The van der Waals surface area contributed by atoms with Crippen LogP contribution in [-0.2, 0) is 0 Å². The lowest BCUT2D eigenvalue weighted by Crippen LogP contribution is -2.27. The fourth-order valence-electron chi connectivity index (χ4n) is 2.01. The van der Waals surface area contributed by atoms with E-state index in [4.69, 9.17) is 0 Å². The van der Waals surface area contributed by atoms with Crippen LogP contribution in [0.3, 0.4) is 0 Å². The molecule has 0 saturated carbocycles. The van der Waals surface area contributed by atoms with Gasteiger partial charge in [0, 0.05) is 12.6 Å². The van der Waals surface area contributed by atoms with Crippen LogP contribution in [-0.4, -0.2) is 25.7 Å². The molecule has 0 aromatic rings. The largest absolute Gasteiger partial charge is 0.315 e. The molecule has 2 fully saturated rings. The van der Waals surface area contributed by atoms with E-state index < -0.39 is 0 Å². The fourth-order valence-corrected chi connectivity index (χ4v) is 2.01. The Kier molecular flexibility index (Phi) is 1.24. The van der Waals surface area contributed by atoms with Gasteiger partial charge in [0.25, 0.3) is 0 Å². The molecule has 0 spiro atoms. The number of rotatable bonds is 0. The van der Waals surface area contributed by atoms with Gasteiger partial charge in [-0.15, -0.1) is 0 Å². The van der Waals surface area contributed by atoms with Crippen molar-refractivity contribution in [1.29, 1.82) is 0 Å². The zero-order chi connectivity index (χ0) is 6.27. The van der Waals surface area contributed by atoms with Gasteiger partial charge in [-0.05, 0) is 24.9 Å². The topological polar surface area (TPSA) is 24.1 Å². The Labute approximate surface area is 56.0 Å². The van der Waals surface area contributed by atoms with Crippen LogP contribution in [0.2, 0.25) is 0 Å². The molecule has 0 aromatic carbocycles. The minimum atomic E-state index is 0.792. The van der Waals surface area contributed by atoms with Gasteiger partial charge in [0.05, 0.1) is 0 Å². The van der Waals surface area contributed by atoms with Crippen molar-refractivity contribution >= 4 is 0 Å². The monoisotopic (exact) mass is 126 g/mol. The summed E-state index contributed by atoms with van der Waals surface area (Å²) < 4.78 is 0. The van der Waals surface area contributed by atoms with Crippen molar-refractivity contribution in [3.05, 3.63) is 0 Å². The zero-order valence-corrected chi connectivity index (χ0v) is 5.85. The van der Waals surface area contributed by atoms with Gasteiger partial charge in [0.1, 0.15) is 0 Å². The van der Waals surface area contributed by atoms with Crippen molar-refractivity contribution in [1.82, 2.24) is 10.6 Å². The maximum absolute atomic E-state index is 3.51. The lowest BCUT2D eigenvalue weighted by atomic mass is 9.95. The molecule has 2 nitrogen and oxygen atoms in total. The first kappa shape index (κ1) is 5.69. The normalized spacial score (nSPS) is 49.7. The van der Waals surface area contributed by atoms with Gasteiger partial charge in [0.15, 0.2) is 0 Å². The first-order valence-electron chi connectivity index (χ1n) is 3.82.